The molecule has 0 aliphatic carbocycles. The van der Waals surface area contributed by atoms with E-state index in [-0.39, 0.29) is 24.5 Å². The molecule has 0 atom stereocenters. The zero-order valence-electron chi connectivity index (χ0n) is 8.99. The number of halogens is 2. The molecule has 0 bridgehead atoms. The van der Waals surface area contributed by atoms with Gasteiger partial charge in [0.1, 0.15) is 11.6 Å². The molecule has 7 heteroatoms. The van der Waals surface area contributed by atoms with Crippen molar-refractivity contribution < 1.29 is 22.3 Å². The molecule has 0 radical (unpaired) electrons. The van der Waals surface area contributed by atoms with Gasteiger partial charge in [-0.3, -0.25) is 4.72 Å². The first-order valence-electron chi connectivity index (χ1n) is 5.01. The molecule has 1 aromatic carbocycles. The average molecular weight is 265 g/mol. The van der Waals surface area contributed by atoms with Gasteiger partial charge in [-0.2, -0.15) is 0 Å². The van der Waals surface area contributed by atoms with Gasteiger partial charge < -0.3 is 5.11 Å². The molecule has 0 saturated heterocycles. The Morgan fingerprint density at radius 1 is 1.24 bits per heavy atom. The smallest absolute Gasteiger partial charge is 0.232 e. The van der Waals surface area contributed by atoms with Crippen LogP contribution in [0.2, 0.25) is 0 Å². The minimum Gasteiger partial charge on any atom is -0.396 e. The molecule has 0 saturated carbocycles. The molecule has 0 aliphatic heterocycles. The van der Waals surface area contributed by atoms with Crippen molar-refractivity contribution in [3.8, 4) is 0 Å². The van der Waals surface area contributed by atoms with E-state index in [0.717, 1.165) is 12.1 Å². The van der Waals surface area contributed by atoms with Gasteiger partial charge in [-0.1, -0.05) is 0 Å². The van der Waals surface area contributed by atoms with E-state index < -0.39 is 21.7 Å². The summed E-state index contributed by atoms with van der Waals surface area (Å²) in [5.74, 6) is -1.95. The predicted octanol–water partition coefficient (Wildman–Crippen LogP) is 1.48. The van der Waals surface area contributed by atoms with E-state index in [1.165, 1.54) is 0 Å². The SMILES string of the molecule is O=S(=O)(CCCCO)Nc1ccc(F)cc1F. The summed E-state index contributed by atoms with van der Waals surface area (Å²) in [6.07, 6.45) is 0.626. The highest BCUT2D eigenvalue weighted by Crippen LogP contribution is 2.16. The van der Waals surface area contributed by atoms with Crippen LogP contribution in [0.15, 0.2) is 18.2 Å². The Morgan fingerprint density at radius 3 is 2.53 bits per heavy atom. The van der Waals surface area contributed by atoms with Crippen molar-refractivity contribution in [2.75, 3.05) is 17.1 Å². The van der Waals surface area contributed by atoms with Gasteiger partial charge in [-0.25, -0.2) is 17.2 Å². The third-order valence-electron chi connectivity index (χ3n) is 2.02. The number of unbranched alkanes of at least 4 members (excludes halogenated alkanes) is 1. The Labute approximate surface area is 98.3 Å². The van der Waals surface area contributed by atoms with E-state index in [1.807, 2.05) is 4.72 Å². The lowest BCUT2D eigenvalue weighted by atomic mass is 10.3. The van der Waals surface area contributed by atoms with E-state index in [4.69, 9.17) is 5.11 Å². The molecule has 0 unspecified atom stereocenters. The Balaban J connectivity index is 2.69. The Kier molecular flexibility index (Phi) is 4.83. The van der Waals surface area contributed by atoms with Crippen LogP contribution in [0.1, 0.15) is 12.8 Å². The van der Waals surface area contributed by atoms with Crippen LogP contribution >= 0.6 is 0 Å². The van der Waals surface area contributed by atoms with Gasteiger partial charge >= 0.3 is 0 Å². The van der Waals surface area contributed by atoms with Crippen molar-refractivity contribution in [1.29, 1.82) is 0 Å². The molecule has 96 valence electrons. The van der Waals surface area contributed by atoms with Crippen molar-refractivity contribution in [3.63, 3.8) is 0 Å². The molecule has 4 nitrogen and oxygen atoms in total. The number of rotatable bonds is 6. The number of anilines is 1. The number of sulfonamides is 1. The fourth-order valence-corrected chi connectivity index (χ4v) is 2.38. The highest BCUT2D eigenvalue weighted by atomic mass is 32.2. The number of aliphatic hydroxyl groups excluding tert-OH is 1. The van der Waals surface area contributed by atoms with Gasteiger partial charge in [0.2, 0.25) is 10.0 Å². The number of hydrogen-bond acceptors (Lipinski definition) is 3. The van der Waals surface area contributed by atoms with E-state index in [9.17, 15) is 17.2 Å². The Bertz CT molecular complexity index is 476. The molecular formula is C10H13F2NO3S. The molecular weight excluding hydrogens is 252 g/mol. The molecule has 0 aliphatic rings. The third kappa shape index (κ3) is 4.66. The highest BCUT2D eigenvalue weighted by molar-refractivity contribution is 7.92. The molecule has 0 heterocycles. The predicted molar refractivity (Wildman–Crippen MR) is 60.1 cm³/mol. The Hall–Kier alpha value is -1.21. The van der Waals surface area contributed by atoms with Crippen molar-refractivity contribution in [1.82, 2.24) is 0 Å². The minimum absolute atomic E-state index is 0.0968. The van der Waals surface area contributed by atoms with Crippen molar-refractivity contribution >= 4 is 15.7 Å². The monoisotopic (exact) mass is 265 g/mol. The quantitative estimate of drug-likeness (QED) is 0.766. The maximum Gasteiger partial charge on any atom is 0.232 e. The van der Waals surface area contributed by atoms with E-state index in [0.29, 0.717) is 12.5 Å². The van der Waals surface area contributed by atoms with Gasteiger partial charge in [-0.15, -0.1) is 0 Å². The summed E-state index contributed by atoms with van der Waals surface area (Å²) in [6, 6.07) is 2.59. The van der Waals surface area contributed by atoms with Crippen molar-refractivity contribution in [2.24, 2.45) is 0 Å². The first-order valence-corrected chi connectivity index (χ1v) is 6.66. The second-order valence-corrected chi connectivity index (χ2v) is 5.32. The third-order valence-corrected chi connectivity index (χ3v) is 3.37. The molecule has 0 aromatic heterocycles. The van der Waals surface area contributed by atoms with Gasteiger partial charge in [0.05, 0.1) is 11.4 Å². The summed E-state index contributed by atoms with van der Waals surface area (Å²) >= 11 is 0. The maximum atomic E-state index is 13.2. The first-order chi connectivity index (χ1) is 7.94. The second kappa shape index (κ2) is 5.92. The van der Waals surface area contributed by atoms with Crippen LogP contribution in [0, 0.1) is 11.6 Å². The van der Waals surface area contributed by atoms with Crippen LogP contribution in [-0.2, 0) is 10.0 Å². The lowest BCUT2D eigenvalue weighted by molar-refractivity contribution is 0.287. The summed E-state index contributed by atoms with van der Waals surface area (Å²) < 4.78 is 50.7. The number of nitrogens with one attached hydrogen (secondary N) is 1. The standard InChI is InChI=1S/C10H13F2NO3S/c11-8-3-4-10(9(12)7-8)13-17(15,16)6-2-1-5-14/h3-4,7,13-14H,1-2,5-6H2. The lowest BCUT2D eigenvalue weighted by Crippen LogP contribution is -2.17. The van der Waals surface area contributed by atoms with Crippen LogP contribution in [0.5, 0.6) is 0 Å². The molecule has 2 N–H and O–H groups in total. The minimum atomic E-state index is -3.67. The molecule has 0 fully saturated rings. The summed E-state index contributed by atoms with van der Waals surface area (Å²) in [5.41, 5.74) is -0.282. The zero-order chi connectivity index (χ0) is 12.9. The molecule has 0 spiro atoms. The fraction of sp³-hybridized carbons (Fsp3) is 0.400. The average Bonchev–Trinajstić information content (AvgIpc) is 2.22. The van der Waals surface area contributed by atoms with Gasteiger partial charge in [0, 0.05) is 12.7 Å². The van der Waals surface area contributed by atoms with E-state index in [1.54, 1.807) is 0 Å². The summed E-state index contributed by atoms with van der Waals surface area (Å²) in [7, 11) is -3.67. The van der Waals surface area contributed by atoms with Gasteiger partial charge in [0.25, 0.3) is 0 Å². The van der Waals surface area contributed by atoms with Crippen LogP contribution in [0.3, 0.4) is 0 Å². The van der Waals surface area contributed by atoms with Gasteiger partial charge in [0.15, 0.2) is 0 Å². The zero-order valence-corrected chi connectivity index (χ0v) is 9.80. The molecule has 17 heavy (non-hydrogen) atoms. The molecule has 1 aromatic rings. The topological polar surface area (TPSA) is 66.4 Å². The van der Waals surface area contributed by atoms with Crippen LogP contribution in [-0.4, -0.2) is 25.9 Å². The number of aliphatic hydroxyl groups is 1. The number of benzene rings is 1. The fourth-order valence-electron chi connectivity index (χ4n) is 1.19. The summed E-state index contributed by atoms with van der Waals surface area (Å²) in [4.78, 5) is 0. The highest BCUT2D eigenvalue weighted by Gasteiger charge is 2.13. The van der Waals surface area contributed by atoms with Crippen molar-refractivity contribution in [3.05, 3.63) is 29.8 Å². The maximum absolute atomic E-state index is 13.2. The van der Waals surface area contributed by atoms with E-state index in [2.05, 4.69) is 0 Å². The summed E-state index contributed by atoms with van der Waals surface area (Å²) in [6.45, 7) is -0.0968. The number of hydrogen-bond donors (Lipinski definition) is 2. The second-order valence-electron chi connectivity index (χ2n) is 3.48. The lowest BCUT2D eigenvalue weighted by Gasteiger charge is -2.08. The Morgan fingerprint density at radius 2 is 1.94 bits per heavy atom. The largest absolute Gasteiger partial charge is 0.396 e. The van der Waals surface area contributed by atoms with E-state index >= 15 is 0 Å². The van der Waals surface area contributed by atoms with Gasteiger partial charge in [-0.05, 0) is 25.0 Å². The van der Waals surface area contributed by atoms with Crippen LogP contribution < -0.4 is 4.72 Å². The molecule has 1 rings (SSSR count). The van der Waals surface area contributed by atoms with Crippen molar-refractivity contribution in [2.45, 2.75) is 12.8 Å². The first kappa shape index (κ1) is 13.9. The van der Waals surface area contributed by atoms with Crippen LogP contribution in [0.4, 0.5) is 14.5 Å². The van der Waals surface area contributed by atoms with Crippen LogP contribution in [0.25, 0.3) is 0 Å². The summed E-state index contributed by atoms with van der Waals surface area (Å²) in [5, 5.41) is 8.51. The normalized spacial score (nSPS) is 11.5. The molecule has 0 amide bonds.